The Bertz CT molecular complexity index is 1030. The molecule has 3 fully saturated rings. The fourth-order valence-electron chi connectivity index (χ4n) is 4.40. The standard InChI is InChI=1S/C20H22F4N6O2/c1-20(24)2-3-29(9-20)19-27-11(10-4-13(32-18(22)23)17(25)26-6-10)5-15(28-19)30-7-14-16(21)12(30)8-31-14/h4-6,12,14,16,18H,2-3,7-9H2,1H3,(H2,25,26)/t12-,14-,16?,20-/m0/s1. The van der Waals surface area contributed by atoms with Crippen molar-refractivity contribution in [3.05, 3.63) is 18.3 Å². The van der Waals surface area contributed by atoms with Gasteiger partial charge in [-0.2, -0.15) is 13.8 Å². The molecule has 4 atom stereocenters. The summed E-state index contributed by atoms with van der Waals surface area (Å²) in [6.07, 6.45) is 0.0268. The van der Waals surface area contributed by atoms with Crippen molar-refractivity contribution in [3.63, 3.8) is 0 Å². The first kappa shape index (κ1) is 21.0. The van der Waals surface area contributed by atoms with E-state index in [0.717, 1.165) is 0 Å². The molecule has 3 aliphatic rings. The summed E-state index contributed by atoms with van der Waals surface area (Å²) in [5.74, 6) is 0.245. The molecule has 0 amide bonds. The van der Waals surface area contributed by atoms with Crippen LogP contribution in [0.1, 0.15) is 13.3 Å². The highest BCUT2D eigenvalue weighted by molar-refractivity contribution is 5.68. The number of rotatable bonds is 5. The molecule has 0 aliphatic carbocycles. The Hall–Kier alpha value is -2.89. The number of anilines is 3. The number of ether oxygens (including phenoxy) is 2. The molecule has 2 aromatic rings. The molecule has 2 N–H and O–H groups in total. The number of fused-ring (bicyclic) bond motifs is 2. The predicted molar refractivity (Wildman–Crippen MR) is 108 cm³/mol. The van der Waals surface area contributed by atoms with Crippen molar-refractivity contribution in [3.8, 4) is 17.0 Å². The highest BCUT2D eigenvalue weighted by atomic mass is 19.3. The van der Waals surface area contributed by atoms with Crippen molar-refractivity contribution in [1.82, 2.24) is 15.0 Å². The minimum absolute atomic E-state index is 0.108. The minimum Gasteiger partial charge on any atom is -0.431 e. The molecule has 0 radical (unpaired) electrons. The zero-order valence-electron chi connectivity index (χ0n) is 17.2. The molecule has 8 nitrogen and oxygen atoms in total. The summed E-state index contributed by atoms with van der Waals surface area (Å²) < 4.78 is 64.3. The zero-order chi connectivity index (χ0) is 22.6. The van der Waals surface area contributed by atoms with Gasteiger partial charge in [-0.05, 0) is 13.0 Å². The molecule has 32 heavy (non-hydrogen) atoms. The van der Waals surface area contributed by atoms with E-state index in [9.17, 15) is 17.6 Å². The fraction of sp³-hybridized carbons (Fsp3) is 0.550. The van der Waals surface area contributed by atoms with E-state index in [1.54, 1.807) is 15.9 Å². The normalized spacial score (nSPS) is 29.4. The Morgan fingerprint density at radius 3 is 2.75 bits per heavy atom. The van der Waals surface area contributed by atoms with E-state index in [1.807, 2.05) is 0 Å². The number of pyridine rings is 1. The first-order valence-corrected chi connectivity index (χ1v) is 10.3. The van der Waals surface area contributed by atoms with Crippen LogP contribution in [0.2, 0.25) is 0 Å². The third-order valence-electron chi connectivity index (χ3n) is 6.08. The van der Waals surface area contributed by atoms with Gasteiger partial charge in [-0.3, -0.25) is 0 Å². The lowest BCUT2D eigenvalue weighted by molar-refractivity contribution is -0.0494. The van der Waals surface area contributed by atoms with Crippen LogP contribution in [-0.2, 0) is 4.74 Å². The lowest BCUT2D eigenvalue weighted by atomic mass is 10.1. The van der Waals surface area contributed by atoms with E-state index in [4.69, 9.17) is 10.5 Å². The molecular weight excluding hydrogens is 432 g/mol. The number of morpholine rings is 1. The largest absolute Gasteiger partial charge is 0.431 e. The van der Waals surface area contributed by atoms with E-state index >= 15 is 0 Å². The monoisotopic (exact) mass is 454 g/mol. The van der Waals surface area contributed by atoms with Gasteiger partial charge in [0.2, 0.25) is 5.95 Å². The summed E-state index contributed by atoms with van der Waals surface area (Å²) in [6, 6.07) is 2.45. The molecule has 0 spiro atoms. The van der Waals surface area contributed by atoms with Crippen LogP contribution in [0.4, 0.5) is 35.1 Å². The maximum absolute atomic E-state index is 14.5. The average Bonchev–Trinajstić information content (AvgIpc) is 3.40. The molecule has 12 heteroatoms. The summed E-state index contributed by atoms with van der Waals surface area (Å²) in [6.45, 7) is -0.475. The molecule has 5 heterocycles. The number of hydrogen-bond donors (Lipinski definition) is 1. The van der Waals surface area contributed by atoms with Gasteiger partial charge in [0.1, 0.15) is 17.6 Å². The number of aromatic nitrogens is 3. The van der Waals surface area contributed by atoms with Crippen molar-refractivity contribution < 1.29 is 27.0 Å². The molecular formula is C20H22F4N6O2. The molecule has 5 rings (SSSR count). The summed E-state index contributed by atoms with van der Waals surface area (Å²) in [5, 5.41) is 0. The average molecular weight is 454 g/mol. The second-order valence-electron chi connectivity index (χ2n) is 8.52. The third-order valence-corrected chi connectivity index (χ3v) is 6.08. The van der Waals surface area contributed by atoms with Crippen LogP contribution in [0.15, 0.2) is 18.3 Å². The van der Waals surface area contributed by atoms with E-state index in [1.165, 1.54) is 19.2 Å². The summed E-state index contributed by atoms with van der Waals surface area (Å²) in [7, 11) is 0. The van der Waals surface area contributed by atoms with Gasteiger partial charge in [0, 0.05) is 37.3 Å². The van der Waals surface area contributed by atoms with Crippen molar-refractivity contribution in [2.45, 2.75) is 43.9 Å². The summed E-state index contributed by atoms with van der Waals surface area (Å²) in [4.78, 5) is 16.6. The van der Waals surface area contributed by atoms with E-state index < -0.39 is 30.6 Å². The van der Waals surface area contributed by atoms with Crippen LogP contribution in [0, 0.1) is 0 Å². The van der Waals surface area contributed by atoms with Crippen molar-refractivity contribution in [2.24, 2.45) is 0 Å². The van der Waals surface area contributed by atoms with Gasteiger partial charge in [0.25, 0.3) is 0 Å². The highest BCUT2D eigenvalue weighted by Gasteiger charge is 2.49. The second kappa shape index (κ2) is 7.61. The Morgan fingerprint density at radius 1 is 1.31 bits per heavy atom. The number of hydrogen-bond acceptors (Lipinski definition) is 8. The molecule has 3 aliphatic heterocycles. The van der Waals surface area contributed by atoms with Crippen LogP contribution in [0.5, 0.6) is 5.75 Å². The number of nitrogen functional groups attached to an aromatic ring is 1. The first-order valence-electron chi connectivity index (χ1n) is 10.3. The lowest BCUT2D eigenvalue weighted by Crippen LogP contribution is -2.38. The minimum atomic E-state index is -3.07. The maximum Gasteiger partial charge on any atom is 0.387 e. The lowest BCUT2D eigenvalue weighted by Gasteiger charge is -2.29. The maximum atomic E-state index is 14.5. The number of nitrogens with zero attached hydrogens (tertiary/aromatic N) is 5. The Balaban J connectivity index is 1.56. The van der Waals surface area contributed by atoms with Gasteiger partial charge >= 0.3 is 6.61 Å². The van der Waals surface area contributed by atoms with Gasteiger partial charge in [0.05, 0.1) is 24.9 Å². The second-order valence-corrected chi connectivity index (χ2v) is 8.52. The molecule has 3 saturated heterocycles. The smallest absolute Gasteiger partial charge is 0.387 e. The van der Waals surface area contributed by atoms with Gasteiger partial charge in [0.15, 0.2) is 17.7 Å². The number of nitrogens with two attached hydrogens (primary N) is 1. The Labute approximate surface area is 181 Å². The molecule has 172 valence electrons. The van der Waals surface area contributed by atoms with Crippen molar-refractivity contribution in [1.29, 1.82) is 0 Å². The highest BCUT2D eigenvalue weighted by Crippen LogP contribution is 2.37. The molecule has 2 aromatic heterocycles. The van der Waals surface area contributed by atoms with Crippen molar-refractivity contribution in [2.75, 3.05) is 41.8 Å². The van der Waals surface area contributed by atoms with Crippen LogP contribution >= 0.6 is 0 Å². The van der Waals surface area contributed by atoms with E-state index in [2.05, 4.69) is 19.7 Å². The van der Waals surface area contributed by atoms with E-state index in [-0.39, 0.29) is 30.7 Å². The molecule has 0 aromatic carbocycles. The fourth-order valence-corrected chi connectivity index (χ4v) is 4.40. The SMILES string of the molecule is C[C@]1(F)CCN(c2nc(-c3cnc(N)c(OC(F)F)c3)cc(N3C[C@@H]4OC[C@H]3C4F)n2)C1. The Morgan fingerprint density at radius 2 is 2.12 bits per heavy atom. The summed E-state index contributed by atoms with van der Waals surface area (Å²) in [5.41, 5.74) is 4.97. The molecule has 2 bridgehead atoms. The third kappa shape index (κ3) is 3.76. The van der Waals surface area contributed by atoms with Crippen LogP contribution < -0.4 is 20.3 Å². The first-order chi connectivity index (χ1) is 15.2. The zero-order valence-corrected chi connectivity index (χ0v) is 17.2. The van der Waals surface area contributed by atoms with Gasteiger partial charge < -0.3 is 25.0 Å². The van der Waals surface area contributed by atoms with Crippen LogP contribution in [-0.4, -0.2) is 71.8 Å². The summed E-state index contributed by atoms with van der Waals surface area (Å²) >= 11 is 0. The number of alkyl halides is 4. The quantitative estimate of drug-likeness (QED) is 0.690. The van der Waals surface area contributed by atoms with Crippen molar-refractivity contribution >= 4 is 17.6 Å². The van der Waals surface area contributed by atoms with E-state index in [0.29, 0.717) is 36.6 Å². The van der Waals surface area contributed by atoms with Gasteiger partial charge in [-0.25, -0.2) is 18.7 Å². The van der Waals surface area contributed by atoms with Gasteiger partial charge in [-0.15, -0.1) is 0 Å². The molecule has 0 saturated carbocycles. The van der Waals surface area contributed by atoms with Crippen LogP contribution in [0.3, 0.4) is 0 Å². The van der Waals surface area contributed by atoms with Gasteiger partial charge in [-0.1, -0.05) is 0 Å². The molecule has 1 unspecified atom stereocenters. The van der Waals surface area contributed by atoms with Crippen LogP contribution in [0.25, 0.3) is 11.3 Å². The Kier molecular flexibility index (Phi) is 4.99. The number of halogens is 4. The topological polar surface area (TPSA) is 89.6 Å². The predicted octanol–water partition coefficient (Wildman–Crippen LogP) is 2.59.